The summed E-state index contributed by atoms with van der Waals surface area (Å²) >= 11 is 0. The van der Waals surface area contributed by atoms with Crippen molar-refractivity contribution in [1.82, 2.24) is 10.2 Å². The number of carbonyl (C=O) groups is 3. The monoisotopic (exact) mass is 508 g/mol. The number of carbonyl (C=O) groups excluding carboxylic acids is 3. The zero-order valence-corrected chi connectivity index (χ0v) is 20.6. The van der Waals surface area contributed by atoms with Gasteiger partial charge in [-0.3, -0.25) is 9.59 Å². The van der Waals surface area contributed by atoms with Crippen LogP contribution in [0.1, 0.15) is 27.5 Å². The van der Waals surface area contributed by atoms with E-state index in [1.807, 2.05) is 30.3 Å². The van der Waals surface area contributed by atoms with Gasteiger partial charge in [0.2, 0.25) is 0 Å². The maximum atomic E-state index is 14.9. The molecule has 2 atom stereocenters. The number of nitrogens with one attached hydrogen (secondary N) is 1. The minimum absolute atomic E-state index is 0.160. The third-order valence-electron chi connectivity index (χ3n) is 5.71. The summed E-state index contributed by atoms with van der Waals surface area (Å²) < 4.78 is 25.3. The lowest BCUT2D eigenvalue weighted by Gasteiger charge is -2.27. The predicted octanol–water partition coefficient (Wildman–Crippen LogP) is 2.91. The Labute approximate surface area is 214 Å². The zero-order valence-electron chi connectivity index (χ0n) is 20.6. The average Bonchev–Trinajstić information content (AvgIpc) is 2.92. The number of aliphatic hydroxyl groups excluding tert-OH is 1. The quantitative estimate of drug-likeness (QED) is 0.386. The van der Waals surface area contributed by atoms with E-state index < -0.39 is 47.9 Å². The Balaban J connectivity index is 1.74. The molecule has 0 aliphatic rings. The molecule has 0 fully saturated rings. The second-order valence-corrected chi connectivity index (χ2v) is 8.29. The van der Waals surface area contributed by atoms with Crippen molar-refractivity contribution in [1.29, 1.82) is 0 Å². The van der Waals surface area contributed by atoms with E-state index in [9.17, 15) is 23.9 Å². The van der Waals surface area contributed by atoms with Gasteiger partial charge >= 0.3 is 5.97 Å². The number of rotatable bonds is 11. The first-order valence-electron chi connectivity index (χ1n) is 11.6. The zero-order chi connectivity index (χ0) is 26.8. The van der Waals surface area contributed by atoms with Crippen LogP contribution in [0.3, 0.4) is 0 Å². The van der Waals surface area contributed by atoms with Gasteiger partial charge in [0, 0.05) is 7.05 Å². The van der Waals surface area contributed by atoms with Crippen LogP contribution >= 0.6 is 0 Å². The first-order valence-corrected chi connectivity index (χ1v) is 11.6. The molecule has 3 aromatic carbocycles. The number of aliphatic hydroxyl groups is 1. The van der Waals surface area contributed by atoms with Gasteiger partial charge in [-0.25, -0.2) is 9.18 Å². The third-order valence-corrected chi connectivity index (χ3v) is 5.71. The summed E-state index contributed by atoms with van der Waals surface area (Å²) in [6, 6.07) is 19.9. The normalized spacial score (nSPS) is 12.2. The molecule has 0 saturated carbocycles. The van der Waals surface area contributed by atoms with Crippen molar-refractivity contribution in [2.24, 2.45) is 0 Å². The molecule has 2 amide bonds. The molecule has 0 aromatic heterocycles. The molecule has 0 heterocycles. The molecule has 8 nitrogen and oxygen atoms in total. The van der Waals surface area contributed by atoms with E-state index in [2.05, 4.69) is 5.32 Å². The Morgan fingerprint density at radius 1 is 0.973 bits per heavy atom. The second kappa shape index (κ2) is 13.2. The van der Waals surface area contributed by atoms with Gasteiger partial charge in [0.15, 0.2) is 12.6 Å². The minimum Gasteiger partial charge on any atom is -0.483 e. The summed E-state index contributed by atoms with van der Waals surface area (Å²) in [4.78, 5) is 39.4. The second-order valence-electron chi connectivity index (χ2n) is 8.29. The molecular formula is C28H29FN2O6. The fraction of sp³-hybridized carbons (Fsp3) is 0.250. The lowest BCUT2D eigenvalue weighted by molar-refractivity contribution is -0.145. The van der Waals surface area contributed by atoms with Gasteiger partial charge in [0.25, 0.3) is 11.8 Å². The molecule has 0 spiro atoms. The molecule has 0 aliphatic carbocycles. The van der Waals surface area contributed by atoms with Gasteiger partial charge in [0.1, 0.15) is 17.1 Å². The fourth-order valence-corrected chi connectivity index (χ4v) is 3.86. The topological polar surface area (TPSA) is 105 Å². The number of likely N-dealkylation sites (N-methyl/N-ethyl adjacent to an activating group) is 1. The Kier molecular flexibility index (Phi) is 9.74. The number of benzene rings is 3. The van der Waals surface area contributed by atoms with Gasteiger partial charge in [-0.15, -0.1) is 0 Å². The van der Waals surface area contributed by atoms with E-state index in [0.29, 0.717) is 12.0 Å². The van der Waals surface area contributed by atoms with Crippen LogP contribution in [0.4, 0.5) is 4.39 Å². The molecule has 3 aromatic rings. The van der Waals surface area contributed by atoms with E-state index >= 15 is 0 Å². The van der Waals surface area contributed by atoms with Gasteiger partial charge < -0.3 is 24.8 Å². The van der Waals surface area contributed by atoms with Gasteiger partial charge in [-0.2, -0.15) is 0 Å². The van der Waals surface area contributed by atoms with Crippen LogP contribution in [-0.4, -0.2) is 61.2 Å². The predicted molar refractivity (Wildman–Crippen MR) is 134 cm³/mol. The number of ether oxygens (including phenoxy) is 2. The minimum atomic E-state index is -1.13. The summed E-state index contributed by atoms with van der Waals surface area (Å²) in [5, 5.41) is 12.3. The highest BCUT2D eigenvalue weighted by Crippen LogP contribution is 2.28. The molecule has 9 heteroatoms. The molecular weight excluding hydrogens is 479 g/mol. The Morgan fingerprint density at radius 3 is 2.24 bits per heavy atom. The van der Waals surface area contributed by atoms with Crippen LogP contribution < -0.4 is 10.1 Å². The van der Waals surface area contributed by atoms with Crippen LogP contribution in [0.15, 0.2) is 78.9 Å². The highest BCUT2D eigenvalue weighted by Gasteiger charge is 2.33. The number of nitrogens with zero attached hydrogens (tertiary/aromatic N) is 1. The number of hydrogen-bond donors (Lipinski definition) is 2. The highest BCUT2D eigenvalue weighted by atomic mass is 19.1. The number of methoxy groups -OCH3 is 1. The molecule has 194 valence electrons. The molecule has 0 radical (unpaired) electrons. The van der Waals surface area contributed by atoms with E-state index in [-0.39, 0.29) is 12.4 Å². The first-order chi connectivity index (χ1) is 17.8. The Hall–Kier alpha value is -4.24. The first kappa shape index (κ1) is 27.3. The maximum absolute atomic E-state index is 14.9. The van der Waals surface area contributed by atoms with Crippen molar-refractivity contribution in [2.45, 2.75) is 18.5 Å². The van der Waals surface area contributed by atoms with Gasteiger partial charge in [-0.05, 0) is 29.7 Å². The van der Waals surface area contributed by atoms with Crippen LogP contribution in [0, 0.1) is 5.82 Å². The average molecular weight is 509 g/mol. The molecule has 37 heavy (non-hydrogen) atoms. The lowest BCUT2D eigenvalue weighted by atomic mass is 10.0. The molecule has 0 aliphatic heterocycles. The highest BCUT2D eigenvalue weighted by molar-refractivity contribution is 5.99. The fourth-order valence-electron chi connectivity index (χ4n) is 3.86. The smallest absolute Gasteiger partial charge is 0.333 e. The van der Waals surface area contributed by atoms with Crippen LogP contribution in [0.5, 0.6) is 5.75 Å². The van der Waals surface area contributed by atoms with Crippen LogP contribution in [0.2, 0.25) is 0 Å². The standard InChI is InChI=1S/C28H29FN2O6/c1-31(26(28(35)36-2)20-12-7-4-8-13-20)27(34)25-22(29)14-9-15-23(25)37-18-24(33)30-21(17-32)16-19-10-5-3-6-11-19/h3-15,21,26,32H,16-18H2,1-2H3,(H,30,33)/t21-,26-/m0/s1. The number of hydrogen-bond acceptors (Lipinski definition) is 6. The molecule has 3 rings (SSSR count). The van der Waals surface area contributed by atoms with Crippen molar-refractivity contribution < 1.29 is 33.4 Å². The summed E-state index contributed by atoms with van der Waals surface area (Å²) in [6.45, 7) is -0.804. The Morgan fingerprint density at radius 2 is 1.62 bits per heavy atom. The summed E-state index contributed by atoms with van der Waals surface area (Å²) in [5.41, 5.74) is 0.991. The van der Waals surface area contributed by atoms with E-state index in [0.717, 1.165) is 16.5 Å². The Bertz CT molecular complexity index is 1210. The number of amides is 2. The van der Waals surface area contributed by atoms with Crippen molar-refractivity contribution in [3.8, 4) is 5.75 Å². The number of esters is 1. The molecule has 0 bridgehead atoms. The van der Waals surface area contributed by atoms with Crippen LogP contribution in [-0.2, 0) is 20.7 Å². The molecule has 0 unspecified atom stereocenters. The molecule has 2 N–H and O–H groups in total. The van der Waals surface area contributed by atoms with Crippen molar-refractivity contribution in [3.63, 3.8) is 0 Å². The summed E-state index contributed by atoms with van der Waals surface area (Å²) in [7, 11) is 2.56. The van der Waals surface area contributed by atoms with Gasteiger partial charge in [-0.1, -0.05) is 66.7 Å². The van der Waals surface area contributed by atoms with Crippen molar-refractivity contribution >= 4 is 17.8 Å². The van der Waals surface area contributed by atoms with E-state index in [1.54, 1.807) is 30.3 Å². The summed E-state index contributed by atoms with van der Waals surface area (Å²) in [6.07, 6.45) is 0.409. The van der Waals surface area contributed by atoms with E-state index in [4.69, 9.17) is 9.47 Å². The van der Waals surface area contributed by atoms with E-state index in [1.165, 1.54) is 26.3 Å². The van der Waals surface area contributed by atoms with Crippen LogP contribution in [0.25, 0.3) is 0 Å². The lowest BCUT2D eigenvalue weighted by Crippen LogP contribution is -2.41. The van der Waals surface area contributed by atoms with Crippen molar-refractivity contribution in [3.05, 3.63) is 101 Å². The molecule has 0 saturated heterocycles. The third kappa shape index (κ3) is 7.14. The summed E-state index contributed by atoms with van der Waals surface area (Å²) in [5.74, 6) is -3.11. The van der Waals surface area contributed by atoms with Crippen molar-refractivity contribution in [2.75, 3.05) is 27.4 Å². The SMILES string of the molecule is COC(=O)[C@H](c1ccccc1)N(C)C(=O)c1c(F)cccc1OCC(=O)N[C@H](CO)Cc1ccccc1. The largest absolute Gasteiger partial charge is 0.483 e. The van der Waals surface area contributed by atoms with Gasteiger partial charge in [0.05, 0.1) is 19.8 Å². The number of halogens is 1. The maximum Gasteiger partial charge on any atom is 0.333 e.